The molecule has 0 aromatic heterocycles. The molecule has 5 nitrogen and oxygen atoms in total. The lowest BCUT2D eigenvalue weighted by Crippen LogP contribution is -2.41. The van der Waals surface area contributed by atoms with Crippen molar-refractivity contribution in [2.24, 2.45) is 5.92 Å². The lowest BCUT2D eigenvalue weighted by Gasteiger charge is -2.23. The van der Waals surface area contributed by atoms with Crippen molar-refractivity contribution in [1.29, 1.82) is 0 Å². The fraction of sp³-hybridized carbons (Fsp3) is 0.308. The molecular formula is C26H27NO4. The van der Waals surface area contributed by atoms with Gasteiger partial charge >= 0.3 is 12.1 Å². The molecule has 0 aliphatic heterocycles. The molecule has 2 aromatic rings. The van der Waals surface area contributed by atoms with Crippen LogP contribution in [0.4, 0.5) is 4.79 Å². The van der Waals surface area contributed by atoms with Gasteiger partial charge in [0.25, 0.3) is 0 Å². The number of aryl methyl sites for hydroxylation is 1. The summed E-state index contributed by atoms with van der Waals surface area (Å²) in [6.45, 7) is 0.221. The van der Waals surface area contributed by atoms with Crippen molar-refractivity contribution in [3.63, 3.8) is 0 Å². The minimum atomic E-state index is -1.04. The third kappa shape index (κ3) is 4.88. The van der Waals surface area contributed by atoms with Crippen LogP contribution in [0.5, 0.6) is 0 Å². The highest BCUT2D eigenvalue weighted by Gasteiger charge is 2.39. The highest BCUT2D eigenvalue weighted by atomic mass is 16.5. The van der Waals surface area contributed by atoms with E-state index in [0.29, 0.717) is 18.8 Å². The zero-order valence-electron chi connectivity index (χ0n) is 17.3. The van der Waals surface area contributed by atoms with Gasteiger partial charge in [-0.05, 0) is 41.9 Å². The van der Waals surface area contributed by atoms with Crippen LogP contribution in [0.25, 0.3) is 0 Å². The van der Waals surface area contributed by atoms with Crippen molar-refractivity contribution in [3.8, 4) is 0 Å². The van der Waals surface area contributed by atoms with Crippen molar-refractivity contribution < 1.29 is 19.4 Å². The number of carboxylic acid groups (broad SMARTS) is 1. The molecule has 31 heavy (non-hydrogen) atoms. The SMILES string of the molecule is O=C(N[C@@H](CCCc1ccccc1)C(=O)O)OCC1c2ccccc2C2C=CC=CC21. The number of hydrogen-bond donors (Lipinski definition) is 2. The summed E-state index contributed by atoms with van der Waals surface area (Å²) in [5.41, 5.74) is 3.61. The predicted molar refractivity (Wildman–Crippen MR) is 119 cm³/mol. The van der Waals surface area contributed by atoms with Gasteiger partial charge in [-0.25, -0.2) is 9.59 Å². The molecule has 0 saturated heterocycles. The fourth-order valence-corrected chi connectivity index (χ4v) is 4.64. The first-order valence-corrected chi connectivity index (χ1v) is 10.8. The van der Waals surface area contributed by atoms with Gasteiger partial charge in [0, 0.05) is 11.8 Å². The summed E-state index contributed by atoms with van der Waals surface area (Å²) in [5.74, 6) is -0.440. The van der Waals surface area contributed by atoms with Crippen LogP contribution in [0, 0.1) is 5.92 Å². The lowest BCUT2D eigenvalue weighted by molar-refractivity contribution is -0.139. The van der Waals surface area contributed by atoms with Crippen LogP contribution >= 0.6 is 0 Å². The van der Waals surface area contributed by atoms with Crippen LogP contribution in [0.3, 0.4) is 0 Å². The van der Waals surface area contributed by atoms with Gasteiger partial charge in [0.2, 0.25) is 0 Å². The third-order valence-corrected chi connectivity index (χ3v) is 6.18. The van der Waals surface area contributed by atoms with E-state index in [9.17, 15) is 14.7 Å². The average molecular weight is 418 g/mol. The largest absolute Gasteiger partial charge is 0.480 e. The van der Waals surface area contributed by atoms with E-state index in [0.717, 1.165) is 12.0 Å². The number of hydrogen-bond acceptors (Lipinski definition) is 3. The number of carbonyl (C=O) groups is 2. The Bertz CT molecular complexity index is 982. The van der Waals surface area contributed by atoms with Gasteiger partial charge in [-0.3, -0.25) is 0 Å². The summed E-state index contributed by atoms with van der Waals surface area (Å²) < 4.78 is 5.51. The molecule has 0 spiro atoms. The van der Waals surface area contributed by atoms with Gasteiger partial charge in [0.15, 0.2) is 0 Å². The van der Waals surface area contributed by atoms with Crippen molar-refractivity contribution in [3.05, 3.63) is 95.6 Å². The molecule has 0 saturated carbocycles. The molecule has 2 aliphatic carbocycles. The van der Waals surface area contributed by atoms with Gasteiger partial charge < -0.3 is 15.2 Å². The molecule has 0 fully saturated rings. The number of alkyl carbamates (subject to hydrolysis) is 1. The van der Waals surface area contributed by atoms with Crippen LogP contribution in [0.15, 0.2) is 78.9 Å². The molecule has 0 bridgehead atoms. The van der Waals surface area contributed by atoms with E-state index < -0.39 is 18.1 Å². The first-order chi connectivity index (χ1) is 15.1. The summed E-state index contributed by atoms with van der Waals surface area (Å²) in [7, 11) is 0. The molecule has 2 aliphatic rings. The zero-order chi connectivity index (χ0) is 21.6. The number of carbonyl (C=O) groups excluding carboxylic acids is 1. The monoisotopic (exact) mass is 417 g/mol. The minimum Gasteiger partial charge on any atom is -0.480 e. The molecule has 4 atom stereocenters. The van der Waals surface area contributed by atoms with E-state index in [1.54, 1.807) is 0 Å². The number of benzene rings is 2. The quantitative estimate of drug-likeness (QED) is 0.646. The second kappa shape index (κ2) is 9.65. The maximum absolute atomic E-state index is 12.4. The molecule has 5 heteroatoms. The van der Waals surface area contributed by atoms with E-state index in [1.165, 1.54) is 11.1 Å². The van der Waals surface area contributed by atoms with Crippen molar-refractivity contribution in [2.75, 3.05) is 6.61 Å². The molecule has 2 N–H and O–H groups in total. The second-order valence-corrected chi connectivity index (χ2v) is 8.12. The van der Waals surface area contributed by atoms with Crippen LogP contribution in [0.1, 0.15) is 41.4 Å². The fourth-order valence-electron chi connectivity index (χ4n) is 4.64. The van der Waals surface area contributed by atoms with Crippen molar-refractivity contribution >= 4 is 12.1 Å². The number of fused-ring (bicyclic) bond motifs is 3. The minimum absolute atomic E-state index is 0.0644. The highest BCUT2D eigenvalue weighted by Crippen LogP contribution is 2.49. The number of rotatable bonds is 8. The third-order valence-electron chi connectivity index (χ3n) is 6.18. The van der Waals surface area contributed by atoms with Crippen LogP contribution < -0.4 is 5.32 Å². The van der Waals surface area contributed by atoms with Crippen molar-refractivity contribution in [1.82, 2.24) is 5.32 Å². The maximum atomic E-state index is 12.4. The Morgan fingerprint density at radius 1 is 0.968 bits per heavy atom. The van der Waals surface area contributed by atoms with Crippen LogP contribution in [0.2, 0.25) is 0 Å². The number of allylic oxidation sites excluding steroid dienone is 4. The van der Waals surface area contributed by atoms with E-state index in [2.05, 4.69) is 35.7 Å². The summed E-state index contributed by atoms with van der Waals surface area (Å²) in [4.78, 5) is 24.0. The Labute approximate surface area is 182 Å². The van der Waals surface area contributed by atoms with Gasteiger partial charge in [0.1, 0.15) is 12.6 Å². The standard InChI is InChI=1S/C26H27NO4/c28-25(29)24(16-8-11-18-9-2-1-3-10-18)27-26(30)31-17-23-21-14-6-4-12-19(21)20-13-5-7-15-22(20)23/h1-7,9-10,12-15,19,21,23-24H,8,11,16-17H2,(H,27,30)(H,28,29)/t19?,21?,23?,24-/m0/s1. The number of aliphatic carboxylic acids is 1. The van der Waals surface area contributed by atoms with Crippen LogP contribution in [-0.2, 0) is 16.0 Å². The molecule has 2 aromatic carbocycles. The summed E-state index contributed by atoms with van der Waals surface area (Å²) in [6, 6.07) is 17.2. The van der Waals surface area contributed by atoms with Crippen LogP contribution in [-0.4, -0.2) is 29.8 Å². The Morgan fingerprint density at radius 2 is 1.68 bits per heavy atom. The number of nitrogens with one attached hydrogen (secondary N) is 1. The lowest BCUT2D eigenvalue weighted by atomic mass is 9.84. The number of ether oxygens (including phenoxy) is 1. The summed E-state index contributed by atoms with van der Waals surface area (Å²) in [6.07, 6.45) is 9.55. The molecule has 4 rings (SSSR count). The smallest absolute Gasteiger partial charge is 0.407 e. The Kier molecular flexibility index (Phi) is 6.51. The Balaban J connectivity index is 1.32. The van der Waals surface area contributed by atoms with Gasteiger partial charge in [-0.2, -0.15) is 0 Å². The Hall–Kier alpha value is -3.34. The summed E-state index contributed by atoms with van der Waals surface area (Å²) in [5, 5.41) is 12.0. The summed E-state index contributed by atoms with van der Waals surface area (Å²) >= 11 is 0. The molecule has 3 unspecified atom stereocenters. The highest BCUT2D eigenvalue weighted by molar-refractivity contribution is 5.79. The molecular weight excluding hydrogens is 390 g/mol. The zero-order valence-corrected chi connectivity index (χ0v) is 17.3. The number of amides is 1. The maximum Gasteiger partial charge on any atom is 0.407 e. The molecule has 160 valence electrons. The van der Waals surface area contributed by atoms with E-state index >= 15 is 0 Å². The normalized spacial score (nSPS) is 21.7. The first-order valence-electron chi connectivity index (χ1n) is 10.8. The van der Waals surface area contributed by atoms with E-state index in [1.807, 2.05) is 48.5 Å². The molecule has 0 radical (unpaired) electrons. The van der Waals surface area contributed by atoms with Gasteiger partial charge in [-0.15, -0.1) is 0 Å². The van der Waals surface area contributed by atoms with Crippen molar-refractivity contribution in [2.45, 2.75) is 37.1 Å². The van der Waals surface area contributed by atoms with E-state index in [4.69, 9.17) is 4.74 Å². The van der Waals surface area contributed by atoms with Gasteiger partial charge in [0.05, 0.1) is 0 Å². The topological polar surface area (TPSA) is 75.6 Å². The predicted octanol–water partition coefficient (Wildman–Crippen LogP) is 4.81. The second-order valence-electron chi connectivity index (χ2n) is 8.12. The first kappa shape index (κ1) is 20.9. The molecule has 1 amide bonds. The van der Waals surface area contributed by atoms with Gasteiger partial charge in [-0.1, -0.05) is 78.9 Å². The average Bonchev–Trinajstić information content (AvgIpc) is 3.11. The Morgan fingerprint density at radius 3 is 2.45 bits per heavy atom. The van der Waals surface area contributed by atoms with E-state index in [-0.39, 0.29) is 18.4 Å². The molecule has 0 heterocycles. The number of carboxylic acids is 1.